The van der Waals surface area contributed by atoms with E-state index in [4.69, 9.17) is 0 Å². The summed E-state index contributed by atoms with van der Waals surface area (Å²) < 4.78 is 4.87. The van der Waals surface area contributed by atoms with Gasteiger partial charge in [-0.05, 0) is 162 Å². The van der Waals surface area contributed by atoms with Gasteiger partial charge in [-0.1, -0.05) is 109 Å². The van der Waals surface area contributed by atoms with E-state index < -0.39 is 0 Å². The number of nitrogens with zero attached hydrogens (tertiary/aromatic N) is 8. The summed E-state index contributed by atoms with van der Waals surface area (Å²) in [5.74, 6) is 0. The van der Waals surface area contributed by atoms with E-state index in [2.05, 4.69) is 282 Å². The Bertz CT molecular complexity index is 4090. The zero-order chi connectivity index (χ0) is 51.2. The molecule has 0 atom stereocenters. The number of hydrogen-bond donors (Lipinski definition) is 0. The Kier molecular flexibility index (Phi) is 11.2. The minimum atomic E-state index is 0.929. The van der Waals surface area contributed by atoms with Gasteiger partial charge >= 0.3 is 0 Å². The molecule has 0 bridgehead atoms. The fourth-order valence-corrected chi connectivity index (χ4v) is 11.3. The van der Waals surface area contributed by atoms with Gasteiger partial charge in [-0.3, -0.25) is 0 Å². The molecule has 8 nitrogen and oxygen atoms in total. The summed E-state index contributed by atoms with van der Waals surface area (Å²) in [5.41, 5.74) is 20.0. The van der Waals surface area contributed by atoms with Crippen LogP contribution in [-0.2, 0) is 0 Å². The Labute approximate surface area is 445 Å². The third kappa shape index (κ3) is 8.03. The van der Waals surface area contributed by atoms with Gasteiger partial charge in [0.2, 0.25) is 0 Å². The van der Waals surface area contributed by atoms with E-state index in [9.17, 15) is 0 Å². The van der Waals surface area contributed by atoms with Gasteiger partial charge in [0.25, 0.3) is 0 Å². The second-order valence-corrected chi connectivity index (χ2v) is 19.3. The Hall–Kier alpha value is -10.4. The molecule has 0 unspecified atom stereocenters. The van der Waals surface area contributed by atoms with Crippen molar-refractivity contribution in [3.05, 3.63) is 280 Å². The molecular weight excluding hydrogens is 941 g/mol. The van der Waals surface area contributed by atoms with Crippen LogP contribution in [0.1, 0.15) is 5.56 Å². The number of anilines is 6. The van der Waals surface area contributed by atoms with Crippen LogP contribution in [0.15, 0.2) is 274 Å². The molecule has 0 saturated carbocycles. The molecule has 0 radical (unpaired) electrons. The molecule has 0 N–H and O–H groups in total. The van der Waals surface area contributed by atoms with E-state index >= 15 is 0 Å². The highest BCUT2D eigenvalue weighted by Crippen LogP contribution is 2.44. The quantitative estimate of drug-likeness (QED) is 0.129. The predicted molar refractivity (Wildman–Crippen MR) is 317 cm³/mol. The van der Waals surface area contributed by atoms with Gasteiger partial charge in [-0.25, -0.2) is 19.9 Å². The van der Waals surface area contributed by atoms with Crippen molar-refractivity contribution in [3.63, 3.8) is 0 Å². The summed E-state index contributed by atoms with van der Waals surface area (Å²) >= 11 is 0. The van der Waals surface area contributed by atoms with E-state index in [1.165, 1.54) is 0 Å². The molecule has 0 aliphatic carbocycles. The fraction of sp³-hybridized carbons (Fsp3) is 0.0145. The van der Waals surface area contributed by atoms with Crippen molar-refractivity contribution in [1.82, 2.24) is 29.1 Å². The second-order valence-electron chi connectivity index (χ2n) is 19.3. The molecule has 0 aliphatic heterocycles. The minimum absolute atomic E-state index is 0.929. The molecule has 10 aromatic carbocycles. The van der Waals surface area contributed by atoms with Gasteiger partial charge in [0, 0.05) is 103 Å². The van der Waals surface area contributed by atoms with Crippen LogP contribution in [0.5, 0.6) is 0 Å². The number of benzene rings is 10. The lowest BCUT2D eigenvalue weighted by Gasteiger charge is -2.25. The second kappa shape index (κ2) is 19.1. The average molecular weight is 989 g/mol. The summed E-state index contributed by atoms with van der Waals surface area (Å²) in [6.07, 6.45) is 10.7. The molecule has 77 heavy (non-hydrogen) atoms. The first-order chi connectivity index (χ1) is 38.1. The van der Waals surface area contributed by atoms with Crippen LogP contribution in [0, 0.1) is 6.92 Å². The van der Waals surface area contributed by atoms with Gasteiger partial charge in [-0.2, -0.15) is 0 Å². The summed E-state index contributed by atoms with van der Waals surface area (Å²) in [6, 6.07) is 85.4. The van der Waals surface area contributed by atoms with Crippen molar-refractivity contribution in [1.29, 1.82) is 0 Å². The number of rotatable bonds is 11. The van der Waals surface area contributed by atoms with Crippen LogP contribution in [0.2, 0.25) is 0 Å². The molecule has 14 rings (SSSR count). The smallest absolute Gasteiger partial charge is 0.115 e. The summed E-state index contributed by atoms with van der Waals surface area (Å²) in [6.45, 7) is 2.16. The maximum absolute atomic E-state index is 4.47. The zero-order valence-corrected chi connectivity index (χ0v) is 42.1. The van der Waals surface area contributed by atoms with Crippen molar-refractivity contribution in [2.75, 3.05) is 9.80 Å². The summed E-state index contributed by atoms with van der Waals surface area (Å²) in [4.78, 5) is 22.6. The van der Waals surface area contributed by atoms with Gasteiger partial charge < -0.3 is 18.9 Å². The highest BCUT2D eigenvalue weighted by Gasteiger charge is 2.22. The third-order valence-corrected chi connectivity index (χ3v) is 14.8. The van der Waals surface area contributed by atoms with E-state index in [0.29, 0.717) is 0 Å². The van der Waals surface area contributed by atoms with Gasteiger partial charge in [0.15, 0.2) is 0 Å². The van der Waals surface area contributed by atoms with Crippen LogP contribution in [0.25, 0.3) is 88.4 Å². The minimum Gasteiger partial charge on any atom is -0.310 e. The van der Waals surface area contributed by atoms with Crippen LogP contribution >= 0.6 is 0 Å². The highest BCUT2D eigenvalue weighted by molar-refractivity contribution is 6.12. The number of aromatic nitrogens is 6. The van der Waals surface area contributed by atoms with Gasteiger partial charge in [0.1, 0.15) is 12.7 Å². The average Bonchev–Trinajstić information content (AvgIpc) is 4.02. The third-order valence-electron chi connectivity index (χ3n) is 14.8. The Morgan fingerprint density at radius 2 is 0.623 bits per heavy atom. The molecule has 0 amide bonds. The Balaban J connectivity index is 1.03. The lowest BCUT2D eigenvalue weighted by Crippen LogP contribution is -2.09. The monoisotopic (exact) mass is 988 g/mol. The van der Waals surface area contributed by atoms with Crippen molar-refractivity contribution in [3.8, 4) is 44.8 Å². The van der Waals surface area contributed by atoms with Crippen molar-refractivity contribution < 1.29 is 0 Å². The van der Waals surface area contributed by atoms with E-state index in [-0.39, 0.29) is 0 Å². The first-order valence-electron chi connectivity index (χ1n) is 25.8. The molecule has 4 aromatic heterocycles. The maximum Gasteiger partial charge on any atom is 0.115 e. The molecular formula is C69H48N8. The molecule has 0 saturated heterocycles. The Morgan fingerprint density at radius 1 is 0.286 bits per heavy atom. The SMILES string of the molecule is Cc1c(-c2cncnc2)cc(-c2cc(-n3c4ccccc4c4cc(N(c5ccccc5)c5ccccc5)ccc43)cc(-n3c4ccccc4c4cc(N(c5ccccc5)c5ccccc5)ccc43)c2)cc1-c1cncnc1. The van der Waals surface area contributed by atoms with E-state index in [0.717, 1.165) is 128 Å². The van der Waals surface area contributed by atoms with Crippen molar-refractivity contribution in [2.24, 2.45) is 0 Å². The molecule has 0 spiro atoms. The normalized spacial score (nSPS) is 11.4. The molecule has 14 aromatic rings. The molecule has 0 fully saturated rings. The van der Waals surface area contributed by atoms with Crippen LogP contribution in [-0.4, -0.2) is 29.1 Å². The number of fused-ring (bicyclic) bond motifs is 6. The molecule has 0 aliphatic rings. The standard InChI is InChI=1S/C69H48N8/c1-47-62(50-41-70-45-71-42-50)36-49(37-63(47)51-43-72-46-73-44-51)48-34-58(76-66-28-16-14-26-60(66)64-39-56(30-32-68(64)76)74(52-18-6-2-7-19-52)53-20-8-3-9-21-53)38-59(35-48)77-67-29-17-15-27-61(67)65-40-57(31-33-69(65)77)75(54-22-10-4-11-23-54)55-24-12-5-13-25-55/h2-46H,1H3. The Morgan fingerprint density at radius 3 is 1.01 bits per heavy atom. The molecule has 8 heteroatoms. The fourth-order valence-electron chi connectivity index (χ4n) is 11.3. The zero-order valence-electron chi connectivity index (χ0n) is 42.1. The number of hydrogen-bond acceptors (Lipinski definition) is 6. The van der Waals surface area contributed by atoms with Crippen LogP contribution < -0.4 is 9.80 Å². The van der Waals surface area contributed by atoms with Gasteiger partial charge in [0.05, 0.1) is 22.1 Å². The lowest BCUT2D eigenvalue weighted by atomic mass is 9.90. The highest BCUT2D eigenvalue weighted by atomic mass is 15.1. The van der Waals surface area contributed by atoms with E-state index in [1.807, 2.05) is 24.8 Å². The predicted octanol–water partition coefficient (Wildman–Crippen LogP) is 17.7. The number of para-hydroxylation sites is 6. The lowest BCUT2D eigenvalue weighted by molar-refractivity contribution is 1.13. The van der Waals surface area contributed by atoms with Crippen molar-refractivity contribution in [2.45, 2.75) is 6.92 Å². The van der Waals surface area contributed by atoms with Crippen molar-refractivity contribution >= 4 is 77.7 Å². The summed E-state index contributed by atoms with van der Waals surface area (Å²) in [7, 11) is 0. The summed E-state index contributed by atoms with van der Waals surface area (Å²) in [5, 5.41) is 4.63. The topological polar surface area (TPSA) is 67.9 Å². The first kappa shape index (κ1) is 45.2. The van der Waals surface area contributed by atoms with Crippen LogP contribution in [0.3, 0.4) is 0 Å². The largest absolute Gasteiger partial charge is 0.310 e. The van der Waals surface area contributed by atoms with Gasteiger partial charge in [-0.15, -0.1) is 0 Å². The first-order valence-corrected chi connectivity index (χ1v) is 25.8. The van der Waals surface area contributed by atoms with E-state index in [1.54, 1.807) is 12.7 Å². The molecule has 4 heterocycles. The van der Waals surface area contributed by atoms with Crippen LogP contribution in [0.4, 0.5) is 34.1 Å². The maximum atomic E-state index is 4.47. The molecule has 364 valence electrons.